The molecule has 2 unspecified atom stereocenters. The van der Waals surface area contributed by atoms with Crippen LogP contribution in [0.15, 0.2) is 143 Å². The van der Waals surface area contributed by atoms with Crippen LogP contribution in [0.2, 0.25) is 0 Å². The lowest BCUT2D eigenvalue weighted by Gasteiger charge is -2.36. The van der Waals surface area contributed by atoms with Crippen molar-refractivity contribution in [3.8, 4) is 22.3 Å². The van der Waals surface area contributed by atoms with Crippen LogP contribution in [-0.4, -0.2) is 0 Å². The van der Waals surface area contributed by atoms with Gasteiger partial charge < -0.3 is 4.42 Å². The number of furan rings is 1. The Bertz CT molecular complexity index is 2400. The van der Waals surface area contributed by atoms with Crippen molar-refractivity contribution in [1.82, 2.24) is 0 Å². The molecule has 43 heavy (non-hydrogen) atoms. The quantitative estimate of drug-likeness (QED) is 0.197. The summed E-state index contributed by atoms with van der Waals surface area (Å²) in [5.41, 5.74) is 12.6. The van der Waals surface area contributed by atoms with Gasteiger partial charge in [-0.15, -0.1) is 0 Å². The average Bonchev–Trinajstić information content (AvgIpc) is 3.44. The number of benzene rings is 6. The van der Waals surface area contributed by atoms with Crippen molar-refractivity contribution in [3.05, 3.63) is 156 Å². The zero-order valence-corrected chi connectivity index (χ0v) is 23.4. The summed E-state index contributed by atoms with van der Waals surface area (Å²) in [7, 11) is 0. The summed E-state index contributed by atoms with van der Waals surface area (Å²) < 4.78 is 6.19. The number of fused-ring (bicyclic) bond motifs is 5. The van der Waals surface area contributed by atoms with Crippen LogP contribution in [0.1, 0.15) is 22.6 Å². The molecule has 0 N–H and O–H groups in total. The van der Waals surface area contributed by atoms with E-state index < -0.39 is 0 Å². The van der Waals surface area contributed by atoms with Crippen molar-refractivity contribution in [1.29, 1.82) is 0 Å². The molecule has 2 atom stereocenters. The topological polar surface area (TPSA) is 13.1 Å². The number of allylic oxidation sites excluding steroid dienone is 6. The lowest BCUT2D eigenvalue weighted by atomic mass is 9.67. The molecule has 10 rings (SSSR count). The molecule has 0 spiro atoms. The van der Waals surface area contributed by atoms with E-state index in [-0.39, 0.29) is 0 Å². The summed E-state index contributed by atoms with van der Waals surface area (Å²) in [6.45, 7) is 0. The van der Waals surface area contributed by atoms with E-state index in [1.54, 1.807) is 0 Å². The van der Waals surface area contributed by atoms with E-state index in [9.17, 15) is 0 Å². The Morgan fingerprint density at radius 1 is 0.535 bits per heavy atom. The monoisotopic (exact) mass is 546 g/mol. The molecule has 1 heteroatoms. The van der Waals surface area contributed by atoms with Crippen molar-refractivity contribution in [2.45, 2.75) is 5.92 Å². The molecular formula is C42H26O. The zero-order valence-electron chi connectivity index (χ0n) is 23.4. The molecule has 1 aromatic heterocycles. The minimum Gasteiger partial charge on any atom is -0.456 e. The molecule has 0 saturated heterocycles. The minimum absolute atomic E-state index is 0.387. The van der Waals surface area contributed by atoms with E-state index in [1.807, 2.05) is 6.07 Å². The number of hydrogen-bond donors (Lipinski definition) is 0. The number of para-hydroxylation sites is 1. The molecule has 0 radical (unpaired) electrons. The Kier molecular flexibility index (Phi) is 4.62. The summed E-state index contributed by atoms with van der Waals surface area (Å²) >= 11 is 0. The molecule has 3 aliphatic rings. The van der Waals surface area contributed by atoms with Gasteiger partial charge in [0.15, 0.2) is 0 Å². The van der Waals surface area contributed by atoms with E-state index in [0.717, 1.165) is 21.9 Å². The number of rotatable bonds is 2. The van der Waals surface area contributed by atoms with Crippen LogP contribution >= 0.6 is 0 Å². The standard InChI is InChI=1S/C42H26O/c1-3-13-32-30(11-1)40(28-20-23-38-36(24-28)29-10-5-6-15-37(29)43-38)31-12-2-4-14-33(31)42(32)35-22-19-27-17-16-25-8-7-9-26-18-21-34(35)41(27)39(25)26/h1-24,26,39H. The van der Waals surface area contributed by atoms with E-state index in [0.29, 0.717) is 11.8 Å². The molecule has 0 saturated carbocycles. The molecule has 7 aromatic rings. The third-order valence-corrected chi connectivity index (χ3v) is 9.80. The highest BCUT2D eigenvalue weighted by atomic mass is 16.3. The van der Waals surface area contributed by atoms with Gasteiger partial charge in [0.25, 0.3) is 0 Å². The van der Waals surface area contributed by atoms with Crippen LogP contribution in [0, 0.1) is 5.92 Å². The second kappa shape index (κ2) is 8.56. The average molecular weight is 547 g/mol. The fourth-order valence-corrected chi connectivity index (χ4v) is 7.97. The van der Waals surface area contributed by atoms with E-state index >= 15 is 0 Å². The van der Waals surface area contributed by atoms with Crippen LogP contribution < -0.4 is 0 Å². The third kappa shape index (κ3) is 3.17. The molecule has 0 bridgehead atoms. The van der Waals surface area contributed by atoms with Gasteiger partial charge in [0.2, 0.25) is 0 Å². The minimum atomic E-state index is 0.387. The first-order valence-corrected chi connectivity index (χ1v) is 15.1. The zero-order chi connectivity index (χ0) is 28.1. The lowest BCUT2D eigenvalue weighted by molar-refractivity contribution is 0.665. The fraction of sp³-hybridized carbons (Fsp3) is 0.0476. The van der Waals surface area contributed by atoms with Crippen molar-refractivity contribution in [3.63, 3.8) is 0 Å². The predicted octanol–water partition coefficient (Wildman–Crippen LogP) is 11.5. The van der Waals surface area contributed by atoms with Gasteiger partial charge in [0.05, 0.1) is 0 Å². The molecule has 1 nitrogen and oxygen atoms in total. The summed E-state index contributed by atoms with van der Waals surface area (Å²) in [4.78, 5) is 0. The smallest absolute Gasteiger partial charge is 0.135 e. The van der Waals surface area contributed by atoms with Crippen molar-refractivity contribution in [2.75, 3.05) is 0 Å². The van der Waals surface area contributed by atoms with Crippen molar-refractivity contribution < 1.29 is 4.42 Å². The third-order valence-electron chi connectivity index (χ3n) is 9.80. The van der Waals surface area contributed by atoms with Gasteiger partial charge in [-0.05, 0) is 84.3 Å². The lowest BCUT2D eigenvalue weighted by Crippen LogP contribution is -2.21. The van der Waals surface area contributed by atoms with Gasteiger partial charge in [-0.3, -0.25) is 0 Å². The first kappa shape index (κ1) is 23.2. The SMILES string of the molecule is C1=CC2C=Cc3c(-c4c5ccccc5c(-c5ccc6oc7ccccc7c6c5)c5ccccc45)ccc4c3C2C(=C1)C=C4. The Hall–Kier alpha value is -5.40. The summed E-state index contributed by atoms with van der Waals surface area (Å²) in [5.74, 6) is 0.800. The van der Waals surface area contributed by atoms with Crippen LogP contribution in [0.3, 0.4) is 0 Å². The highest BCUT2D eigenvalue weighted by Gasteiger charge is 2.34. The maximum Gasteiger partial charge on any atom is 0.135 e. The summed E-state index contributed by atoms with van der Waals surface area (Å²) in [5, 5.41) is 7.42. The van der Waals surface area contributed by atoms with Gasteiger partial charge in [-0.2, -0.15) is 0 Å². The van der Waals surface area contributed by atoms with E-state index in [1.165, 1.54) is 66.1 Å². The predicted molar refractivity (Wildman–Crippen MR) is 181 cm³/mol. The second-order valence-corrected chi connectivity index (χ2v) is 12.0. The largest absolute Gasteiger partial charge is 0.456 e. The molecule has 0 aliphatic heterocycles. The molecule has 200 valence electrons. The van der Waals surface area contributed by atoms with E-state index in [2.05, 4.69) is 140 Å². The van der Waals surface area contributed by atoms with Crippen LogP contribution in [0.25, 0.3) is 77.9 Å². The van der Waals surface area contributed by atoms with Crippen molar-refractivity contribution in [2.24, 2.45) is 5.92 Å². The van der Waals surface area contributed by atoms with Crippen LogP contribution in [0.5, 0.6) is 0 Å². The maximum absolute atomic E-state index is 6.19. The summed E-state index contributed by atoms with van der Waals surface area (Å²) in [6, 6.07) is 37.6. The van der Waals surface area contributed by atoms with Crippen LogP contribution in [0.4, 0.5) is 0 Å². The second-order valence-electron chi connectivity index (χ2n) is 12.0. The normalized spacial score (nSPS) is 18.1. The molecule has 6 aromatic carbocycles. The van der Waals surface area contributed by atoms with Crippen LogP contribution in [-0.2, 0) is 0 Å². The first-order chi connectivity index (χ1) is 21.3. The summed E-state index contributed by atoms with van der Waals surface area (Å²) in [6.07, 6.45) is 16.3. The van der Waals surface area contributed by atoms with Gasteiger partial charge in [-0.1, -0.05) is 127 Å². The fourth-order valence-electron chi connectivity index (χ4n) is 7.97. The molecule has 0 amide bonds. The Labute approximate surface area is 249 Å². The number of hydrogen-bond acceptors (Lipinski definition) is 1. The van der Waals surface area contributed by atoms with Gasteiger partial charge in [0, 0.05) is 22.6 Å². The maximum atomic E-state index is 6.19. The molecule has 0 fully saturated rings. The van der Waals surface area contributed by atoms with E-state index in [4.69, 9.17) is 4.42 Å². The molecule has 1 heterocycles. The van der Waals surface area contributed by atoms with Crippen molar-refractivity contribution >= 4 is 55.6 Å². The molecule has 3 aliphatic carbocycles. The van der Waals surface area contributed by atoms with Gasteiger partial charge in [0.1, 0.15) is 11.2 Å². The molecular weight excluding hydrogens is 520 g/mol. The van der Waals surface area contributed by atoms with Gasteiger partial charge >= 0.3 is 0 Å². The highest BCUT2D eigenvalue weighted by molar-refractivity contribution is 6.22. The Morgan fingerprint density at radius 3 is 2.02 bits per heavy atom. The first-order valence-electron chi connectivity index (χ1n) is 15.1. The van der Waals surface area contributed by atoms with Gasteiger partial charge in [-0.25, -0.2) is 0 Å². The Balaban J connectivity index is 1.29. The highest BCUT2D eigenvalue weighted by Crippen LogP contribution is 2.52. The Morgan fingerprint density at radius 2 is 1.23 bits per heavy atom.